The number of hydrogen-bond donors (Lipinski definition) is 1. The summed E-state index contributed by atoms with van der Waals surface area (Å²) in [6.07, 6.45) is 1.77. The highest BCUT2D eigenvalue weighted by Crippen LogP contribution is 2.28. The molecule has 19 heavy (non-hydrogen) atoms. The van der Waals surface area contributed by atoms with Gasteiger partial charge in [-0.1, -0.05) is 32.0 Å². The molecule has 1 saturated heterocycles. The summed E-state index contributed by atoms with van der Waals surface area (Å²) in [5.41, 5.74) is 9.16. The standard InChI is InChI=1S/C15H22N2O2/c1-3-11-6-5-7-12(4-2)15(11)17-9-13(8-16)19-10-14(17)18/h5-7,13H,3-4,8-10,16H2,1-2H3. The summed E-state index contributed by atoms with van der Waals surface area (Å²) in [6, 6.07) is 6.25. The molecule has 1 fully saturated rings. The fraction of sp³-hybridized carbons (Fsp3) is 0.533. The van der Waals surface area contributed by atoms with E-state index in [4.69, 9.17) is 10.5 Å². The first-order valence-electron chi connectivity index (χ1n) is 6.94. The smallest absolute Gasteiger partial charge is 0.253 e. The Labute approximate surface area is 114 Å². The zero-order valence-electron chi connectivity index (χ0n) is 11.7. The van der Waals surface area contributed by atoms with Gasteiger partial charge in [-0.05, 0) is 24.0 Å². The number of ether oxygens (including phenoxy) is 1. The minimum atomic E-state index is -0.0627. The van der Waals surface area contributed by atoms with E-state index in [1.807, 2.05) is 4.90 Å². The topological polar surface area (TPSA) is 55.6 Å². The third-order valence-electron chi connectivity index (χ3n) is 3.63. The first-order valence-corrected chi connectivity index (χ1v) is 6.94. The van der Waals surface area contributed by atoms with Gasteiger partial charge >= 0.3 is 0 Å². The third-order valence-corrected chi connectivity index (χ3v) is 3.63. The summed E-state index contributed by atoms with van der Waals surface area (Å²) in [5, 5.41) is 0. The molecule has 0 aliphatic carbocycles. The quantitative estimate of drug-likeness (QED) is 0.894. The van der Waals surface area contributed by atoms with Crippen molar-refractivity contribution >= 4 is 11.6 Å². The summed E-state index contributed by atoms with van der Waals surface area (Å²) in [4.78, 5) is 14.0. The molecule has 4 heteroatoms. The molecule has 4 nitrogen and oxygen atoms in total. The van der Waals surface area contributed by atoms with Crippen molar-refractivity contribution in [2.45, 2.75) is 32.8 Å². The van der Waals surface area contributed by atoms with Gasteiger partial charge in [0, 0.05) is 6.54 Å². The molecule has 0 radical (unpaired) electrons. The second-order valence-corrected chi connectivity index (χ2v) is 4.81. The zero-order chi connectivity index (χ0) is 13.8. The highest BCUT2D eigenvalue weighted by atomic mass is 16.5. The number of rotatable bonds is 4. The number of nitrogens with zero attached hydrogens (tertiary/aromatic N) is 1. The number of nitrogens with two attached hydrogens (primary N) is 1. The van der Waals surface area contributed by atoms with Crippen LogP contribution in [0.2, 0.25) is 0 Å². The monoisotopic (exact) mass is 262 g/mol. The molecule has 1 unspecified atom stereocenters. The van der Waals surface area contributed by atoms with Crippen LogP contribution in [0.3, 0.4) is 0 Å². The highest BCUT2D eigenvalue weighted by molar-refractivity contribution is 5.96. The Balaban J connectivity index is 2.40. The predicted molar refractivity (Wildman–Crippen MR) is 76.3 cm³/mol. The lowest BCUT2D eigenvalue weighted by Crippen LogP contribution is -2.49. The number of morpholine rings is 1. The van der Waals surface area contributed by atoms with Crippen LogP contribution >= 0.6 is 0 Å². The van der Waals surface area contributed by atoms with Crippen molar-refractivity contribution in [2.24, 2.45) is 5.73 Å². The molecule has 0 bridgehead atoms. The van der Waals surface area contributed by atoms with Crippen LogP contribution < -0.4 is 10.6 Å². The van der Waals surface area contributed by atoms with Gasteiger partial charge in [0.1, 0.15) is 6.61 Å². The predicted octanol–water partition coefficient (Wildman–Crippen LogP) is 1.50. The number of benzene rings is 1. The van der Waals surface area contributed by atoms with E-state index >= 15 is 0 Å². The molecule has 0 aromatic heterocycles. The number of carbonyl (C=O) groups excluding carboxylic acids is 1. The SMILES string of the molecule is CCc1cccc(CC)c1N1CC(CN)OCC1=O. The van der Waals surface area contributed by atoms with Crippen molar-refractivity contribution in [3.8, 4) is 0 Å². The Kier molecular flexibility index (Phi) is 4.56. The van der Waals surface area contributed by atoms with Gasteiger partial charge in [0.2, 0.25) is 0 Å². The lowest BCUT2D eigenvalue weighted by atomic mass is 10.0. The maximum Gasteiger partial charge on any atom is 0.253 e. The van der Waals surface area contributed by atoms with E-state index in [9.17, 15) is 4.79 Å². The van der Waals surface area contributed by atoms with Crippen molar-refractivity contribution in [1.29, 1.82) is 0 Å². The van der Waals surface area contributed by atoms with Gasteiger partial charge in [0.15, 0.2) is 0 Å². The Bertz CT molecular complexity index is 437. The van der Waals surface area contributed by atoms with Crippen LogP contribution in [-0.2, 0) is 22.4 Å². The Morgan fingerprint density at radius 1 is 1.32 bits per heavy atom. The first kappa shape index (κ1) is 14.0. The van der Waals surface area contributed by atoms with Gasteiger partial charge in [-0.3, -0.25) is 4.79 Å². The number of hydrogen-bond acceptors (Lipinski definition) is 3. The molecule has 1 aromatic rings. The van der Waals surface area contributed by atoms with Crippen LogP contribution in [-0.4, -0.2) is 31.7 Å². The Morgan fingerprint density at radius 2 is 1.95 bits per heavy atom. The molecule has 0 spiro atoms. The molecule has 2 N–H and O–H groups in total. The average Bonchev–Trinajstić information content (AvgIpc) is 2.47. The number of carbonyl (C=O) groups is 1. The second kappa shape index (κ2) is 6.17. The van der Waals surface area contributed by atoms with Gasteiger partial charge < -0.3 is 15.4 Å². The van der Waals surface area contributed by atoms with Gasteiger partial charge in [-0.25, -0.2) is 0 Å². The molecule has 0 saturated carbocycles. The van der Waals surface area contributed by atoms with Crippen molar-refractivity contribution in [2.75, 3.05) is 24.6 Å². The van der Waals surface area contributed by atoms with Crippen molar-refractivity contribution < 1.29 is 9.53 Å². The summed E-state index contributed by atoms with van der Waals surface area (Å²) >= 11 is 0. The summed E-state index contributed by atoms with van der Waals surface area (Å²) in [5.74, 6) is 0.0281. The lowest BCUT2D eigenvalue weighted by Gasteiger charge is -2.34. The van der Waals surface area contributed by atoms with Gasteiger partial charge in [-0.15, -0.1) is 0 Å². The molecule has 1 amide bonds. The maximum absolute atomic E-state index is 12.2. The molecule has 104 valence electrons. The van der Waals surface area contributed by atoms with Gasteiger partial charge in [0.05, 0.1) is 18.3 Å². The largest absolute Gasteiger partial charge is 0.365 e. The molecular formula is C15H22N2O2. The number of amides is 1. The van der Waals surface area contributed by atoms with Crippen molar-refractivity contribution in [3.63, 3.8) is 0 Å². The van der Waals surface area contributed by atoms with E-state index in [1.54, 1.807) is 0 Å². The third kappa shape index (κ3) is 2.80. The van der Waals surface area contributed by atoms with Crippen LogP contribution in [0.5, 0.6) is 0 Å². The molecule has 1 heterocycles. The zero-order valence-corrected chi connectivity index (χ0v) is 11.7. The van der Waals surface area contributed by atoms with Crippen LogP contribution in [0.15, 0.2) is 18.2 Å². The molecule has 1 aromatic carbocycles. The number of para-hydroxylation sites is 1. The number of anilines is 1. The Hall–Kier alpha value is -1.39. The highest BCUT2D eigenvalue weighted by Gasteiger charge is 2.28. The van der Waals surface area contributed by atoms with Crippen molar-refractivity contribution in [1.82, 2.24) is 0 Å². The molecule has 1 atom stereocenters. The van der Waals surface area contributed by atoms with Crippen molar-refractivity contribution in [3.05, 3.63) is 29.3 Å². The van der Waals surface area contributed by atoms with E-state index in [1.165, 1.54) is 11.1 Å². The van der Waals surface area contributed by atoms with E-state index in [-0.39, 0.29) is 18.6 Å². The molecule has 1 aliphatic heterocycles. The van der Waals surface area contributed by atoms with Gasteiger partial charge in [0.25, 0.3) is 5.91 Å². The lowest BCUT2D eigenvalue weighted by molar-refractivity contribution is -0.128. The van der Waals surface area contributed by atoms with E-state index in [2.05, 4.69) is 32.0 Å². The fourth-order valence-electron chi connectivity index (χ4n) is 2.55. The van der Waals surface area contributed by atoms with Gasteiger partial charge in [-0.2, -0.15) is 0 Å². The minimum absolute atomic E-state index is 0.0281. The molecule has 2 rings (SSSR count). The minimum Gasteiger partial charge on any atom is -0.365 e. The summed E-state index contributed by atoms with van der Waals surface area (Å²) in [6.45, 7) is 5.36. The summed E-state index contributed by atoms with van der Waals surface area (Å²) in [7, 11) is 0. The van der Waals surface area contributed by atoms with Crippen LogP contribution in [0.25, 0.3) is 0 Å². The molecular weight excluding hydrogens is 240 g/mol. The van der Waals surface area contributed by atoms with E-state index in [0.29, 0.717) is 13.1 Å². The molecule has 1 aliphatic rings. The first-order chi connectivity index (χ1) is 9.21. The maximum atomic E-state index is 12.2. The van der Waals surface area contributed by atoms with E-state index < -0.39 is 0 Å². The van der Waals surface area contributed by atoms with Crippen LogP contribution in [0, 0.1) is 0 Å². The van der Waals surface area contributed by atoms with E-state index in [0.717, 1.165) is 18.5 Å². The average molecular weight is 262 g/mol. The van der Waals surface area contributed by atoms with Crippen LogP contribution in [0.1, 0.15) is 25.0 Å². The normalized spacial score (nSPS) is 19.8. The fourth-order valence-corrected chi connectivity index (χ4v) is 2.55. The van der Waals surface area contributed by atoms with Crippen LogP contribution in [0.4, 0.5) is 5.69 Å². The summed E-state index contributed by atoms with van der Waals surface area (Å²) < 4.78 is 5.42. The second-order valence-electron chi connectivity index (χ2n) is 4.81. The Morgan fingerprint density at radius 3 is 2.47 bits per heavy atom. The number of aryl methyl sites for hydroxylation is 2.